The third-order valence-corrected chi connectivity index (χ3v) is 4.16. The smallest absolute Gasteiger partial charge is 0.194 e. The molecular formula is C14H10Cl2N2O2S. The standard InChI is InChI=1S/C14H10Cl2N2O2S/c1-8-7-21-14(18-8)10(5-17)12(19)6-20-13-3-2-9(15)4-11(13)16/h2-4,7,10H,6H2,1H3/t10-/m1/s1. The molecule has 4 nitrogen and oxygen atoms in total. The van der Waals surface area contributed by atoms with Crippen LogP contribution in [0.15, 0.2) is 23.6 Å². The van der Waals surface area contributed by atoms with Gasteiger partial charge < -0.3 is 4.74 Å². The van der Waals surface area contributed by atoms with E-state index in [1.807, 2.05) is 13.0 Å². The molecular weight excluding hydrogens is 331 g/mol. The molecule has 0 radical (unpaired) electrons. The van der Waals surface area contributed by atoms with E-state index < -0.39 is 5.92 Å². The van der Waals surface area contributed by atoms with Crippen molar-refractivity contribution in [2.24, 2.45) is 0 Å². The lowest BCUT2D eigenvalue weighted by atomic mass is 10.1. The lowest BCUT2D eigenvalue weighted by Gasteiger charge is -2.09. The minimum absolute atomic E-state index is 0.252. The highest BCUT2D eigenvalue weighted by Crippen LogP contribution is 2.28. The fourth-order valence-electron chi connectivity index (χ4n) is 1.59. The second-order valence-corrected chi connectivity index (χ2v) is 5.95. The topological polar surface area (TPSA) is 63.0 Å². The molecule has 108 valence electrons. The molecule has 7 heteroatoms. The van der Waals surface area contributed by atoms with Gasteiger partial charge in [0.1, 0.15) is 17.4 Å². The molecule has 0 bridgehead atoms. The number of aryl methyl sites for hydroxylation is 1. The molecule has 1 heterocycles. The molecule has 0 aliphatic heterocycles. The van der Waals surface area contributed by atoms with E-state index in [1.54, 1.807) is 17.5 Å². The average molecular weight is 341 g/mol. The summed E-state index contributed by atoms with van der Waals surface area (Å²) in [5.74, 6) is -0.936. The van der Waals surface area contributed by atoms with Crippen LogP contribution in [-0.4, -0.2) is 17.4 Å². The Hall–Kier alpha value is -1.61. The fraction of sp³-hybridized carbons (Fsp3) is 0.214. The van der Waals surface area contributed by atoms with E-state index >= 15 is 0 Å². The van der Waals surface area contributed by atoms with Gasteiger partial charge in [-0.25, -0.2) is 4.98 Å². The largest absolute Gasteiger partial charge is 0.484 e. The Morgan fingerprint density at radius 3 is 2.86 bits per heavy atom. The van der Waals surface area contributed by atoms with Crippen molar-refractivity contribution in [2.75, 3.05) is 6.61 Å². The first-order chi connectivity index (χ1) is 10.0. The number of aromatic nitrogens is 1. The van der Waals surface area contributed by atoms with Gasteiger partial charge in [0.15, 0.2) is 11.7 Å². The van der Waals surface area contributed by atoms with Crippen molar-refractivity contribution in [1.82, 2.24) is 4.98 Å². The van der Waals surface area contributed by atoms with E-state index in [-0.39, 0.29) is 12.4 Å². The zero-order valence-electron chi connectivity index (χ0n) is 11.0. The second-order valence-electron chi connectivity index (χ2n) is 4.22. The van der Waals surface area contributed by atoms with Gasteiger partial charge in [0.05, 0.1) is 11.1 Å². The summed E-state index contributed by atoms with van der Waals surface area (Å²) in [6, 6.07) is 6.67. The maximum absolute atomic E-state index is 12.1. The van der Waals surface area contributed by atoms with Crippen LogP contribution >= 0.6 is 34.5 Å². The molecule has 0 unspecified atom stereocenters. The van der Waals surface area contributed by atoms with Crippen LogP contribution in [-0.2, 0) is 4.79 Å². The summed E-state index contributed by atoms with van der Waals surface area (Å²) in [5, 5.41) is 12.2. The van der Waals surface area contributed by atoms with Gasteiger partial charge in [-0.05, 0) is 25.1 Å². The number of rotatable bonds is 5. The number of hydrogen-bond acceptors (Lipinski definition) is 5. The van der Waals surface area contributed by atoms with Crippen LogP contribution in [0.2, 0.25) is 10.0 Å². The number of ketones is 1. The van der Waals surface area contributed by atoms with Crippen LogP contribution in [0.25, 0.3) is 0 Å². The molecule has 1 aromatic carbocycles. The first-order valence-electron chi connectivity index (χ1n) is 5.93. The number of nitriles is 1. The molecule has 0 amide bonds. The summed E-state index contributed by atoms with van der Waals surface area (Å²) in [4.78, 5) is 16.2. The minimum Gasteiger partial charge on any atom is -0.484 e. The number of thiazole rings is 1. The number of halogens is 2. The molecule has 0 aliphatic carbocycles. The summed E-state index contributed by atoms with van der Waals surface area (Å²) < 4.78 is 5.35. The van der Waals surface area contributed by atoms with Gasteiger partial charge in [-0.15, -0.1) is 11.3 Å². The molecule has 21 heavy (non-hydrogen) atoms. The number of nitrogens with zero attached hydrogens (tertiary/aromatic N) is 2. The Bertz CT molecular complexity index is 709. The van der Waals surface area contributed by atoms with E-state index in [0.29, 0.717) is 20.8 Å². The van der Waals surface area contributed by atoms with E-state index in [4.69, 9.17) is 33.2 Å². The van der Waals surface area contributed by atoms with Crippen molar-refractivity contribution < 1.29 is 9.53 Å². The summed E-state index contributed by atoms with van der Waals surface area (Å²) in [6.07, 6.45) is 0. The van der Waals surface area contributed by atoms with Crippen LogP contribution in [0.1, 0.15) is 16.6 Å². The van der Waals surface area contributed by atoms with Gasteiger partial charge in [0.25, 0.3) is 0 Å². The fourth-order valence-corrected chi connectivity index (χ4v) is 2.92. The zero-order valence-corrected chi connectivity index (χ0v) is 13.3. The van der Waals surface area contributed by atoms with Gasteiger partial charge in [-0.1, -0.05) is 23.2 Å². The van der Waals surface area contributed by atoms with E-state index in [0.717, 1.165) is 5.69 Å². The first kappa shape index (κ1) is 15.8. The number of carbonyl (C=O) groups excluding carboxylic acids is 1. The Morgan fingerprint density at radius 1 is 1.52 bits per heavy atom. The monoisotopic (exact) mass is 340 g/mol. The summed E-state index contributed by atoms with van der Waals surface area (Å²) in [5.41, 5.74) is 0.782. The third kappa shape index (κ3) is 3.94. The van der Waals surface area contributed by atoms with Gasteiger partial charge in [-0.2, -0.15) is 5.26 Å². The van der Waals surface area contributed by atoms with Gasteiger partial charge in [0, 0.05) is 16.1 Å². The average Bonchev–Trinajstić information content (AvgIpc) is 2.85. The predicted octanol–water partition coefficient (Wildman–Crippen LogP) is 4.01. The Kier molecular flexibility index (Phi) is 5.18. The molecule has 2 aromatic rings. The van der Waals surface area contributed by atoms with E-state index in [2.05, 4.69) is 4.98 Å². The normalized spacial score (nSPS) is 11.7. The third-order valence-electron chi connectivity index (χ3n) is 2.60. The number of ether oxygens (including phenoxy) is 1. The van der Waals surface area contributed by atoms with Crippen LogP contribution in [0, 0.1) is 18.3 Å². The van der Waals surface area contributed by atoms with Crippen molar-refractivity contribution in [1.29, 1.82) is 5.26 Å². The van der Waals surface area contributed by atoms with Crippen molar-refractivity contribution in [3.05, 3.63) is 44.3 Å². The number of hydrogen-bond donors (Lipinski definition) is 0. The summed E-state index contributed by atoms with van der Waals surface area (Å²) in [7, 11) is 0. The van der Waals surface area contributed by atoms with Crippen molar-refractivity contribution in [3.8, 4) is 11.8 Å². The molecule has 0 fully saturated rings. The predicted molar refractivity (Wildman–Crippen MR) is 82.2 cm³/mol. The number of carbonyl (C=O) groups is 1. The van der Waals surface area contributed by atoms with E-state index in [1.165, 1.54) is 17.4 Å². The lowest BCUT2D eigenvalue weighted by Crippen LogP contribution is -2.19. The van der Waals surface area contributed by atoms with Crippen LogP contribution in [0.4, 0.5) is 0 Å². The molecule has 0 saturated heterocycles. The highest BCUT2D eigenvalue weighted by molar-refractivity contribution is 7.09. The van der Waals surface area contributed by atoms with Crippen molar-refractivity contribution in [2.45, 2.75) is 12.8 Å². The van der Waals surface area contributed by atoms with Gasteiger partial charge in [-0.3, -0.25) is 4.79 Å². The van der Waals surface area contributed by atoms with Crippen LogP contribution in [0.3, 0.4) is 0 Å². The van der Waals surface area contributed by atoms with E-state index in [9.17, 15) is 4.79 Å². The molecule has 1 aromatic heterocycles. The summed E-state index contributed by atoms with van der Waals surface area (Å²) in [6.45, 7) is 1.56. The molecule has 1 atom stereocenters. The van der Waals surface area contributed by atoms with Gasteiger partial charge in [0.2, 0.25) is 0 Å². The number of benzene rings is 1. The Morgan fingerprint density at radius 2 is 2.29 bits per heavy atom. The molecule has 0 spiro atoms. The molecule has 0 N–H and O–H groups in total. The SMILES string of the molecule is Cc1csc([C@H](C#N)C(=O)COc2ccc(Cl)cc2Cl)n1. The number of Topliss-reactive ketones (excluding diaryl/α,β-unsaturated/α-hetero) is 1. The minimum atomic E-state index is -0.922. The highest BCUT2D eigenvalue weighted by Gasteiger charge is 2.24. The summed E-state index contributed by atoms with van der Waals surface area (Å²) >= 11 is 13.0. The Balaban J connectivity index is 2.05. The molecule has 0 aliphatic rings. The highest BCUT2D eigenvalue weighted by atomic mass is 35.5. The zero-order chi connectivity index (χ0) is 15.4. The maximum Gasteiger partial charge on any atom is 0.194 e. The van der Waals surface area contributed by atoms with Crippen molar-refractivity contribution >= 4 is 40.3 Å². The Labute approximate surface area is 135 Å². The van der Waals surface area contributed by atoms with Crippen LogP contribution < -0.4 is 4.74 Å². The lowest BCUT2D eigenvalue weighted by molar-refractivity contribution is -0.121. The first-order valence-corrected chi connectivity index (χ1v) is 7.57. The van der Waals surface area contributed by atoms with Crippen molar-refractivity contribution in [3.63, 3.8) is 0 Å². The maximum atomic E-state index is 12.1. The quantitative estimate of drug-likeness (QED) is 0.824. The molecule has 0 saturated carbocycles. The van der Waals surface area contributed by atoms with Crippen LogP contribution in [0.5, 0.6) is 5.75 Å². The van der Waals surface area contributed by atoms with Gasteiger partial charge >= 0.3 is 0 Å². The second kappa shape index (κ2) is 6.90. The molecule has 2 rings (SSSR count).